The van der Waals surface area contributed by atoms with Gasteiger partial charge in [0.2, 0.25) is 0 Å². The Morgan fingerprint density at radius 2 is 1.80 bits per heavy atom. The summed E-state index contributed by atoms with van der Waals surface area (Å²) in [5.41, 5.74) is 3.24. The molecule has 134 valence electrons. The van der Waals surface area contributed by atoms with Crippen LogP contribution < -0.4 is 4.74 Å². The highest BCUT2D eigenvalue weighted by Crippen LogP contribution is 2.22. The second kappa shape index (κ2) is 7.96. The molecule has 0 aliphatic carbocycles. The number of nitrogens with zero attached hydrogens (tertiary/aromatic N) is 2. The summed E-state index contributed by atoms with van der Waals surface area (Å²) >= 11 is 0. The minimum atomic E-state index is -0.381. The van der Waals surface area contributed by atoms with E-state index < -0.39 is 0 Å². The van der Waals surface area contributed by atoms with Crippen LogP contribution in [0.5, 0.6) is 5.75 Å². The topological polar surface area (TPSA) is 70.4 Å². The predicted molar refractivity (Wildman–Crippen MR) is 94.3 cm³/mol. The second-order valence-electron chi connectivity index (χ2n) is 6.08. The van der Waals surface area contributed by atoms with E-state index in [9.17, 15) is 9.59 Å². The van der Waals surface area contributed by atoms with Crippen molar-refractivity contribution in [1.82, 2.24) is 9.78 Å². The lowest BCUT2D eigenvalue weighted by atomic mass is 10.0. The van der Waals surface area contributed by atoms with Crippen molar-refractivity contribution >= 4 is 11.9 Å². The molecule has 1 aromatic carbocycles. The summed E-state index contributed by atoms with van der Waals surface area (Å²) < 4.78 is 11.8. The molecule has 0 amide bonds. The Balaban J connectivity index is 2.03. The SMILES string of the molecule is CCOC(=O)c1ccc(OCC(=O)n2nc(C)c(C(C)C)c2C)cc1. The Labute approximate surface area is 147 Å². The highest BCUT2D eigenvalue weighted by Gasteiger charge is 2.18. The van der Waals surface area contributed by atoms with Crippen molar-refractivity contribution in [3.8, 4) is 5.75 Å². The van der Waals surface area contributed by atoms with Gasteiger partial charge in [0, 0.05) is 5.69 Å². The molecule has 0 fully saturated rings. The van der Waals surface area contributed by atoms with Gasteiger partial charge in [0.1, 0.15) is 5.75 Å². The molecule has 0 bridgehead atoms. The fourth-order valence-electron chi connectivity index (χ4n) is 2.84. The Bertz CT molecular complexity index is 760. The Hall–Kier alpha value is -2.63. The molecule has 0 saturated carbocycles. The third-order valence-electron chi connectivity index (χ3n) is 3.89. The van der Waals surface area contributed by atoms with Crippen LogP contribution >= 0.6 is 0 Å². The number of hydrogen-bond donors (Lipinski definition) is 0. The van der Waals surface area contributed by atoms with Crippen molar-refractivity contribution in [3.63, 3.8) is 0 Å². The molecule has 0 unspecified atom stereocenters. The van der Waals surface area contributed by atoms with Gasteiger partial charge in [-0.3, -0.25) is 4.79 Å². The number of carbonyl (C=O) groups excluding carboxylic acids is 2. The van der Waals surface area contributed by atoms with E-state index in [0.29, 0.717) is 23.8 Å². The van der Waals surface area contributed by atoms with Gasteiger partial charge >= 0.3 is 5.97 Å². The van der Waals surface area contributed by atoms with E-state index in [1.54, 1.807) is 31.2 Å². The molecule has 1 heterocycles. The summed E-state index contributed by atoms with van der Waals surface area (Å²) in [5, 5.41) is 4.33. The average molecular weight is 344 g/mol. The summed E-state index contributed by atoms with van der Waals surface area (Å²) in [4.78, 5) is 24.0. The van der Waals surface area contributed by atoms with Gasteiger partial charge in [-0.1, -0.05) is 13.8 Å². The number of benzene rings is 1. The number of aryl methyl sites for hydroxylation is 1. The van der Waals surface area contributed by atoms with Crippen LogP contribution in [-0.4, -0.2) is 34.9 Å². The van der Waals surface area contributed by atoms with Crippen molar-refractivity contribution in [1.29, 1.82) is 0 Å². The van der Waals surface area contributed by atoms with E-state index in [1.807, 2.05) is 13.8 Å². The van der Waals surface area contributed by atoms with Gasteiger partial charge in [0.25, 0.3) is 5.91 Å². The molecular formula is C19H24N2O4. The zero-order valence-electron chi connectivity index (χ0n) is 15.3. The minimum absolute atomic E-state index is 0.127. The van der Waals surface area contributed by atoms with E-state index in [4.69, 9.17) is 9.47 Å². The van der Waals surface area contributed by atoms with Gasteiger partial charge < -0.3 is 9.47 Å². The van der Waals surface area contributed by atoms with E-state index in [0.717, 1.165) is 17.0 Å². The number of esters is 1. The van der Waals surface area contributed by atoms with Gasteiger partial charge in [0.15, 0.2) is 6.61 Å². The predicted octanol–water partition coefficient (Wildman–Crippen LogP) is 3.52. The van der Waals surface area contributed by atoms with E-state index >= 15 is 0 Å². The molecule has 0 aliphatic heterocycles. The van der Waals surface area contributed by atoms with Crippen molar-refractivity contribution < 1.29 is 19.1 Å². The lowest BCUT2D eigenvalue weighted by Gasteiger charge is -2.08. The molecule has 1 aromatic heterocycles. The lowest BCUT2D eigenvalue weighted by molar-refractivity contribution is 0.0526. The largest absolute Gasteiger partial charge is 0.484 e. The first kappa shape index (κ1) is 18.7. The number of hydrogen-bond acceptors (Lipinski definition) is 5. The maximum Gasteiger partial charge on any atom is 0.338 e. The first-order chi connectivity index (χ1) is 11.8. The van der Waals surface area contributed by atoms with Crippen molar-refractivity contribution in [2.75, 3.05) is 13.2 Å². The number of carbonyl (C=O) groups is 2. The molecule has 0 aliphatic rings. The maximum absolute atomic E-state index is 12.4. The monoisotopic (exact) mass is 344 g/mol. The minimum Gasteiger partial charge on any atom is -0.484 e. The van der Waals surface area contributed by atoms with Gasteiger partial charge in [-0.2, -0.15) is 5.10 Å². The van der Waals surface area contributed by atoms with Crippen molar-refractivity contribution in [3.05, 3.63) is 46.8 Å². The Morgan fingerprint density at radius 3 is 2.32 bits per heavy atom. The normalized spacial score (nSPS) is 10.8. The molecule has 0 spiro atoms. The third kappa shape index (κ3) is 4.26. The molecule has 25 heavy (non-hydrogen) atoms. The Morgan fingerprint density at radius 1 is 1.16 bits per heavy atom. The molecule has 2 aromatic rings. The first-order valence-electron chi connectivity index (χ1n) is 8.34. The van der Waals surface area contributed by atoms with Crippen molar-refractivity contribution in [2.24, 2.45) is 0 Å². The fourth-order valence-corrected chi connectivity index (χ4v) is 2.84. The van der Waals surface area contributed by atoms with Crippen LogP contribution in [0.25, 0.3) is 0 Å². The van der Waals surface area contributed by atoms with Crippen LogP contribution in [0.2, 0.25) is 0 Å². The van der Waals surface area contributed by atoms with Gasteiger partial charge in [-0.25, -0.2) is 9.48 Å². The standard InChI is InChI=1S/C19H24N2O4/c1-6-24-19(23)15-7-9-16(10-8-15)25-11-17(22)21-14(5)18(12(2)3)13(4)20-21/h7-10,12H,6,11H2,1-5H3. The van der Waals surface area contributed by atoms with E-state index in [-0.39, 0.29) is 18.5 Å². The quantitative estimate of drug-likeness (QED) is 0.750. The summed E-state index contributed by atoms with van der Waals surface area (Å²) in [6.45, 7) is 9.90. The average Bonchev–Trinajstić information content (AvgIpc) is 2.88. The smallest absolute Gasteiger partial charge is 0.338 e. The molecule has 0 N–H and O–H groups in total. The summed E-state index contributed by atoms with van der Waals surface area (Å²) in [6, 6.07) is 6.50. The van der Waals surface area contributed by atoms with Gasteiger partial charge in [-0.05, 0) is 56.5 Å². The highest BCUT2D eigenvalue weighted by atomic mass is 16.5. The second-order valence-corrected chi connectivity index (χ2v) is 6.08. The number of ether oxygens (including phenoxy) is 2. The summed E-state index contributed by atoms with van der Waals surface area (Å²) in [5.74, 6) is 0.195. The van der Waals surface area contributed by atoms with E-state index in [2.05, 4.69) is 18.9 Å². The molecule has 6 nitrogen and oxygen atoms in total. The zero-order valence-corrected chi connectivity index (χ0v) is 15.3. The van der Waals surface area contributed by atoms with Gasteiger partial charge in [-0.15, -0.1) is 0 Å². The molecule has 0 atom stereocenters. The molecular weight excluding hydrogens is 320 g/mol. The van der Waals surface area contributed by atoms with E-state index in [1.165, 1.54) is 4.68 Å². The molecule has 6 heteroatoms. The third-order valence-corrected chi connectivity index (χ3v) is 3.89. The van der Waals surface area contributed by atoms with Crippen LogP contribution in [-0.2, 0) is 4.74 Å². The highest BCUT2D eigenvalue weighted by molar-refractivity contribution is 5.89. The Kier molecular flexibility index (Phi) is 5.96. The molecule has 0 saturated heterocycles. The molecule has 0 radical (unpaired) electrons. The lowest BCUT2D eigenvalue weighted by Crippen LogP contribution is -2.21. The first-order valence-corrected chi connectivity index (χ1v) is 8.34. The summed E-state index contributed by atoms with van der Waals surface area (Å²) in [7, 11) is 0. The van der Waals surface area contributed by atoms with Crippen molar-refractivity contribution in [2.45, 2.75) is 40.5 Å². The zero-order chi connectivity index (χ0) is 18.6. The molecule has 2 rings (SSSR count). The summed E-state index contributed by atoms with van der Waals surface area (Å²) in [6.07, 6.45) is 0. The van der Waals surface area contributed by atoms with Crippen LogP contribution in [0.3, 0.4) is 0 Å². The van der Waals surface area contributed by atoms with Gasteiger partial charge in [0.05, 0.1) is 17.9 Å². The van der Waals surface area contributed by atoms with Crippen LogP contribution in [0.4, 0.5) is 0 Å². The van der Waals surface area contributed by atoms with Crippen LogP contribution in [0.1, 0.15) is 58.8 Å². The maximum atomic E-state index is 12.4. The number of aromatic nitrogens is 2. The fraction of sp³-hybridized carbons (Fsp3) is 0.421. The van der Waals surface area contributed by atoms with Crippen LogP contribution in [0.15, 0.2) is 24.3 Å². The van der Waals surface area contributed by atoms with Crippen LogP contribution in [0, 0.1) is 13.8 Å². The number of rotatable bonds is 6.